The van der Waals surface area contributed by atoms with Gasteiger partial charge in [0.1, 0.15) is 5.82 Å². The van der Waals surface area contributed by atoms with Gasteiger partial charge in [-0.25, -0.2) is 4.39 Å². The molecule has 2 saturated heterocycles. The molecular formula is C17H26FN3. The molecule has 0 bridgehead atoms. The number of benzene rings is 1. The molecule has 4 heteroatoms. The van der Waals surface area contributed by atoms with Crippen LogP contribution in [-0.2, 0) is 6.54 Å². The van der Waals surface area contributed by atoms with Crippen LogP contribution in [0.4, 0.5) is 10.1 Å². The third kappa shape index (κ3) is 3.95. The van der Waals surface area contributed by atoms with Gasteiger partial charge in [-0.3, -0.25) is 4.90 Å². The summed E-state index contributed by atoms with van der Waals surface area (Å²) in [5.74, 6) is 0.657. The summed E-state index contributed by atoms with van der Waals surface area (Å²) in [4.78, 5) is 4.98. The summed E-state index contributed by atoms with van der Waals surface area (Å²) < 4.78 is 13.8. The number of hydrogen-bond acceptors (Lipinski definition) is 3. The van der Waals surface area contributed by atoms with Gasteiger partial charge in [-0.2, -0.15) is 0 Å². The van der Waals surface area contributed by atoms with Crippen molar-refractivity contribution >= 4 is 5.69 Å². The number of anilines is 1. The third-order valence-corrected chi connectivity index (χ3v) is 4.89. The van der Waals surface area contributed by atoms with Gasteiger partial charge in [0.05, 0.1) is 0 Å². The first kappa shape index (κ1) is 14.8. The van der Waals surface area contributed by atoms with E-state index in [9.17, 15) is 4.39 Å². The molecule has 2 aliphatic heterocycles. The van der Waals surface area contributed by atoms with E-state index in [1.165, 1.54) is 51.4 Å². The minimum absolute atomic E-state index is 0.172. The van der Waals surface area contributed by atoms with Gasteiger partial charge in [-0.1, -0.05) is 6.07 Å². The van der Waals surface area contributed by atoms with Gasteiger partial charge < -0.3 is 10.6 Å². The zero-order valence-electron chi connectivity index (χ0n) is 12.7. The Morgan fingerprint density at radius 1 is 1.05 bits per heavy atom. The summed E-state index contributed by atoms with van der Waals surface area (Å²) in [6.45, 7) is 6.73. The lowest BCUT2D eigenvalue weighted by Crippen LogP contribution is -2.37. The summed E-state index contributed by atoms with van der Waals surface area (Å²) in [6.07, 6.45) is 5.23. The van der Waals surface area contributed by atoms with E-state index in [0.717, 1.165) is 24.6 Å². The number of likely N-dealkylation sites (tertiary alicyclic amines) is 2. The van der Waals surface area contributed by atoms with Gasteiger partial charge in [0, 0.05) is 24.3 Å². The largest absolute Gasteiger partial charge is 0.399 e. The molecule has 0 atom stereocenters. The van der Waals surface area contributed by atoms with E-state index in [0.29, 0.717) is 12.2 Å². The highest BCUT2D eigenvalue weighted by Crippen LogP contribution is 2.23. The van der Waals surface area contributed by atoms with Crippen molar-refractivity contribution < 1.29 is 4.39 Å². The molecule has 21 heavy (non-hydrogen) atoms. The van der Waals surface area contributed by atoms with E-state index in [-0.39, 0.29) is 5.82 Å². The summed E-state index contributed by atoms with van der Waals surface area (Å²) in [5, 5.41) is 0. The second-order valence-corrected chi connectivity index (χ2v) is 6.58. The molecule has 1 aromatic carbocycles. The van der Waals surface area contributed by atoms with Crippen molar-refractivity contribution in [2.45, 2.75) is 32.2 Å². The minimum Gasteiger partial charge on any atom is -0.399 e. The van der Waals surface area contributed by atoms with Crippen LogP contribution in [0.5, 0.6) is 0 Å². The van der Waals surface area contributed by atoms with Gasteiger partial charge in [0.15, 0.2) is 0 Å². The summed E-state index contributed by atoms with van der Waals surface area (Å²) in [5.41, 5.74) is 6.86. The van der Waals surface area contributed by atoms with E-state index in [2.05, 4.69) is 9.80 Å². The Morgan fingerprint density at radius 2 is 1.76 bits per heavy atom. The molecule has 1 aromatic rings. The van der Waals surface area contributed by atoms with Crippen LogP contribution in [0.15, 0.2) is 18.2 Å². The quantitative estimate of drug-likeness (QED) is 0.866. The second kappa shape index (κ2) is 6.75. The highest BCUT2D eigenvalue weighted by molar-refractivity contribution is 5.40. The van der Waals surface area contributed by atoms with Gasteiger partial charge >= 0.3 is 0 Å². The van der Waals surface area contributed by atoms with Gasteiger partial charge in [-0.15, -0.1) is 0 Å². The predicted molar refractivity (Wildman–Crippen MR) is 84.5 cm³/mol. The van der Waals surface area contributed by atoms with Crippen molar-refractivity contribution in [1.82, 2.24) is 9.80 Å². The number of nitrogens with zero attached hydrogens (tertiary/aromatic N) is 2. The molecule has 0 unspecified atom stereocenters. The molecule has 0 aromatic heterocycles. The van der Waals surface area contributed by atoms with E-state index >= 15 is 0 Å². The summed E-state index contributed by atoms with van der Waals surface area (Å²) in [7, 11) is 0. The van der Waals surface area contributed by atoms with Crippen LogP contribution in [0.3, 0.4) is 0 Å². The van der Waals surface area contributed by atoms with Crippen LogP contribution in [-0.4, -0.2) is 42.5 Å². The second-order valence-electron chi connectivity index (χ2n) is 6.58. The van der Waals surface area contributed by atoms with Gasteiger partial charge in [0.2, 0.25) is 0 Å². The minimum atomic E-state index is -0.172. The summed E-state index contributed by atoms with van der Waals surface area (Å²) in [6, 6.07) is 5.04. The first-order chi connectivity index (χ1) is 10.2. The molecule has 0 saturated carbocycles. The zero-order chi connectivity index (χ0) is 14.7. The van der Waals surface area contributed by atoms with Gasteiger partial charge in [0.25, 0.3) is 0 Å². The number of halogens is 1. The lowest BCUT2D eigenvalue weighted by Gasteiger charge is -2.33. The average molecular weight is 291 g/mol. The Labute approximate surface area is 126 Å². The van der Waals surface area contributed by atoms with Crippen molar-refractivity contribution in [2.75, 3.05) is 38.5 Å². The average Bonchev–Trinajstić information content (AvgIpc) is 2.97. The van der Waals surface area contributed by atoms with Crippen molar-refractivity contribution in [1.29, 1.82) is 0 Å². The maximum absolute atomic E-state index is 13.8. The fourth-order valence-electron chi connectivity index (χ4n) is 3.59. The lowest BCUT2D eigenvalue weighted by molar-refractivity contribution is 0.148. The Hall–Kier alpha value is -1.13. The molecule has 0 radical (unpaired) electrons. The standard InChI is InChI=1S/C17H26FN3/c18-17-11-16(19)4-3-15(17)13-21-9-5-14(6-10-21)12-20-7-1-2-8-20/h3-4,11,14H,1-2,5-10,12-13,19H2. The lowest BCUT2D eigenvalue weighted by atomic mass is 9.96. The molecule has 116 valence electrons. The predicted octanol–water partition coefficient (Wildman–Crippen LogP) is 2.72. The maximum atomic E-state index is 13.8. The number of rotatable bonds is 4. The number of piperidine rings is 1. The first-order valence-corrected chi connectivity index (χ1v) is 8.19. The first-order valence-electron chi connectivity index (χ1n) is 8.19. The molecule has 0 spiro atoms. The fourth-order valence-corrected chi connectivity index (χ4v) is 3.59. The normalized spacial score (nSPS) is 22.0. The van der Waals surface area contributed by atoms with Crippen molar-refractivity contribution in [2.24, 2.45) is 5.92 Å². The molecule has 0 aliphatic carbocycles. The maximum Gasteiger partial charge on any atom is 0.129 e. The van der Waals surface area contributed by atoms with Crippen LogP contribution < -0.4 is 5.73 Å². The number of hydrogen-bond donors (Lipinski definition) is 1. The number of nitrogens with two attached hydrogens (primary N) is 1. The van der Waals surface area contributed by atoms with Crippen LogP contribution in [0.1, 0.15) is 31.2 Å². The molecule has 2 fully saturated rings. The number of nitrogen functional groups attached to an aromatic ring is 1. The molecule has 3 nitrogen and oxygen atoms in total. The third-order valence-electron chi connectivity index (χ3n) is 4.89. The van der Waals surface area contributed by atoms with E-state index in [4.69, 9.17) is 5.73 Å². The highest BCUT2D eigenvalue weighted by atomic mass is 19.1. The smallest absolute Gasteiger partial charge is 0.129 e. The van der Waals surface area contributed by atoms with E-state index in [1.54, 1.807) is 6.07 Å². The van der Waals surface area contributed by atoms with E-state index < -0.39 is 0 Å². The van der Waals surface area contributed by atoms with Crippen molar-refractivity contribution in [3.63, 3.8) is 0 Å². The molecule has 0 amide bonds. The molecule has 3 rings (SSSR count). The van der Waals surface area contributed by atoms with Crippen LogP contribution >= 0.6 is 0 Å². The summed E-state index contributed by atoms with van der Waals surface area (Å²) >= 11 is 0. The SMILES string of the molecule is Nc1ccc(CN2CCC(CN3CCCC3)CC2)c(F)c1. The van der Waals surface area contributed by atoms with Gasteiger partial charge in [-0.05, 0) is 69.9 Å². The fraction of sp³-hybridized carbons (Fsp3) is 0.647. The highest BCUT2D eigenvalue weighted by Gasteiger charge is 2.23. The van der Waals surface area contributed by atoms with Crippen molar-refractivity contribution in [3.8, 4) is 0 Å². The monoisotopic (exact) mass is 291 g/mol. The van der Waals surface area contributed by atoms with Crippen LogP contribution in [0.2, 0.25) is 0 Å². The Kier molecular flexibility index (Phi) is 4.76. The van der Waals surface area contributed by atoms with Crippen molar-refractivity contribution in [3.05, 3.63) is 29.6 Å². The zero-order valence-corrected chi connectivity index (χ0v) is 12.7. The topological polar surface area (TPSA) is 32.5 Å². The molecular weight excluding hydrogens is 265 g/mol. The van der Waals surface area contributed by atoms with Crippen LogP contribution in [0.25, 0.3) is 0 Å². The van der Waals surface area contributed by atoms with E-state index in [1.807, 2.05) is 6.07 Å². The molecule has 2 aliphatic rings. The Balaban J connectivity index is 1.46. The molecule has 2 heterocycles. The van der Waals surface area contributed by atoms with Crippen LogP contribution in [0, 0.1) is 11.7 Å². The molecule has 2 N–H and O–H groups in total. The Bertz CT molecular complexity index is 463. The Morgan fingerprint density at radius 3 is 2.43 bits per heavy atom.